The molecule has 0 unspecified atom stereocenters. The molecule has 0 bridgehead atoms. The van der Waals surface area contributed by atoms with Crippen molar-refractivity contribution >= 4 is 22.7 Å². The second-order valence-electron chi connectivity index (χ2n) is 6.52. The smallest absolute Gasteiger partial charge is 0.358 e. The van der Waals surface area contributed by atoms with Crippen LogP contribution in [0.3, 0.4) is 0 Å². The summed E-state index contributed by atoms with van der Waals surface area (Å²) in [5.41, 5.74) is 2.42. The van der Waals surface area contributed by atoms with Crippen molar-refractivity contribution in [3.05, 3.63) is 60.2 Å². The third-order valence-electron chi connectivity index (χ3n) is 4.78. The normalized spacial score (nSPS) is 19.1. The van der Waals surface area contributed by atoms with E-state index in [0.717, 1.165) is 17.3 Å². The first-order valence-electron chi connectivity index (χ1n) is 8.82. The van der Waals surface area contributed by atoms with Crippen molar-refractivity contribution in [2.45, 2.75) is 12.5 Å². The fraction of sp³-hybridized carbons (Fsp3) is 0.300. The Bertz CT molecular complexity index is 957. The SMILES string of the molecule is COC(=O)c1cncc(N[C@@H]2COC[C@H]2Cc2ccnc3ccccc23)n1. The number of hydrogen-bond acceptors (Lipinski definition) is 7. The lowest BCUT2D eigenvalue weighted by Gasteiger charge is -2.20. The minimum atomic E-state index is -0.506. The molecular weight excluding hydrogens is 344 g/mol. The first-order valence-corrected chi connectivity index (χ1v) is 8.82. The molecule has 1 aliphatic heterocycles. The van der Waals surface area contributed by atoms with Gasteiger partial charge in [-0.3, -0.25) is 9.97 Å². The minimum Gasteiger partial charge on any atom is -0.464 e. The summed E-state index contributed by atoms with van der Waals surface area (Å²) in [6.45, 7) is 1.25. The Kier molecular flexibility index (Phi) is 4.93. The van der Waals surface area contributed by atoms with Gasteiger partial charge in [-0.25, -0.2) is 9.78 Å². The lowest BCUT2D eigenvalue weighted by Crippen LogP contribution is -2.30. The maximum Gasteiger partial charge on any atom is 0.358 e. The lowest BCUT2D eigenvalue weighted by molar-refractivity contribution is 0.0593. The quantitative estimate of drug-likeness (QED) is 0.696. The van der Waals surface area contributed by atoms with Crippen LogP contribution in [0, 0.1) is 5.92 Å². The molecule has 7 nitrogen and oxygen atoms in total. The van der Waals surface area contributed by atoms with Crippen molar-refractivity contribution in [2.75, 3.05) is 25.6 Å². The van der Waals surface area contributed by atoms with Crippen LogP contribution in [0.2, 0.25) is 0 Å². The Hall–Kier alpha value is -3.06. The predicted octanol–water partition coefficient (Wildman–Crippen LogP) is 2.48. The predicted molar refractivity (Wildman–Crippen MR) is 101 cm³/mol. The van der Waals surface area contributed by atoms with E-state index >= 15 is 0 Å². The van der Waals surface area contributed by atoms with Crippen LogP contribution in [0.1, 0.15) is 16.1 Å². The van der Waals surface area contributed by atoms with E-state index in [9.17, 15) is 4.79 Å². The second-order valence-corrected chi connectivity index (χ2v) is 6.52. The number of benzene rings is 1. The van der Waals surface area contributed by atoms with Gasteiger partial charge in [0.05, 0.1) is 44.3 Å². The fourth-order valence-electron chi connectivity index (χ4n) is 3.40. The van der Waals surface area contributed by atoms with Gasteiger partial charge in [0.25, 0.3) is 0 Å². The van der Waals surface area contributed by atoms with Crippen molar-refractivity contribution in [1.29, 1.82) is 0 Å². The van der Waals surface area contributed by atoms with Gasteiger partial charge < -0.3 is 14.8 Å². The zero-order chi connectivity index (χ0) is 18.6. The molecule has 1 aliphatic rings. The van der Waals surface area contributed by atoms with Crippen LogP contribution >= 0.6 is 0 Å². The zero-order valence-electron chi connectivity index (χ0n) is 15.0. The van der Waals surface area contributed by atoms with Crippen LogP contribution in [-0.2, 0) is 15.9 Å². The van der Waals surface area contributed by atoms with Gasteiger partial charge in [0.15, 0.2) is 5.69 Å². The van der Waals surface area contributed by atoms with Gasteiger partial charge in [-0.1, -0.05) is 18.2 Å². The summed E-state index contributed by atoms with van der Waals surface area (Å²) in [5, 5.41) is 4.52. The number of nitrogens with one attached hydrogen (secondary N) is 1. The van der Waals surface area contributed by atoms with Gasteiger partial charge in [-0.05, 0) is 24.1 Å². The summed E-state index contributed by atoms with van der Waals surface area (Å²) in [6.07, 6.45) is 5.71. The average Bonchev–Trinajstić information content (AvgIpc) is 3.14. The number of rotatable bonds is 5. The second kappa shape index (κ2) is 7.67. The van der Waals surface area contributed by atoms with Crippen LogP contribution in [0.15, 0.2) is 48.9 Å². The average molecular weight is 364 g/mol. The van der Waals surface area contributed by atoms with E-state index in [2.05, 4.69) is 32.4 Å². The first-order chi connectivity index (χ1) is 13.2. The summed E-state index contributed by atoms with van der Waals surface area (Å²) in [4.78, 5) is 24.4. The highest BCUT2D eigenvalue weighted by atomic mass is 16.5. The third-order valence-corrected chi connectivity index (χ3v) is 4.78. The van der Waals surface area contributed by atoms with Gasteiger partial charge in [-0.15, -0.1) is 0 Å². The van der Waals surface area contributed by atoms with Crippen molar-refractivity contribution in [3.8, 4) is 0 Å². The summed E-state index contributed by atoms with van der Waals surface area (Å²) in [7, 11) is 1.32. The van der Waals surface area contributed by atoms with Crippen molar-refractivity contribution < 1.29 is 14.3 Å². The Morgan fingerprint density at radius 3 is 3.04 bits per heavy atom. The molecule has 2 atom stereocenters. The molecule has 1 N–H and O–H groups in total. The summed E-state index contributed by atoms with van der Waals surface area (Å²) in [6, 6.07) is 10.3. The van der Waals surface area contributed by atoms with E-state index in [4.69, 9.17) is 9.47 Å². The number of esters is 1. The molecule has 27 heavy (non-hydrogen) atoms. The number of nitrogens with zero attached hydrogens (tertiary/aromatic N) is 3. The highest BCUT2D eigenvalue weighted by Crippen LogP contribution is 2.25. The van der Waals surface area contributed by atoms with Crippen LogP contribution in [-0.4, -0.2) is 47.3 Å². The fourth-order valence-corrected chi connectivity index (χ4v) is 3.40. The Morgan fingerprint density at radius 2 is 2.15 bits per heavy atom. The van der Waals surface area contributed by atoms with E-state index in [1.165, 1.54) is 18.9 Å². The number of ether oxygens (including phenoxy) is 2. The van der Waals surface area contributed by atoms with E-state index in [0.29, 0.717) is 19.0 Å². The van der Waals surface area contributed by atoms with Crippen LogP contribution in [0.5, 0.6) is 0 Å². The number of aromatic nitrogens is 3. The molecule has 1 saturated heterocycles. The van der Waals surface area contributed by atoms with Crippen molar-refractivity contribution in [2.24, 2.45) is 5.92 Å². The highest BCUT2D eigenvalue weighted by Gasteiger charge is 2.29. The number of pyridine rings is 1. The first kappa shape index (κ1) is 17.4. The molecule has 0 saturated carbocycles. The molecule has 0 amide bonds. The number of anilines is 1. The molecule has 0 radical (unpaired) electrons. The molecule has 3 heterocycles. The molecule has 0 aliphatic carbocycles. The zero-order valence-corrected chi connectivity index (χ0v) is 15.0. The maximum absolute atomic E-state index is 11.6. The summed E-state index contributed by atoms with van der Waals surface area (Å²) < 4.78 is 10.4. The van der Waals surface area contributed by atoms with Crippen LogP contribution in [0.25, 0.3) is 10.9 Å². The Labute approximate surface area is 156 Å². The van der Waals surface area contributed by atoms with Gasteiger partial charge in [0.1, 0.15) is 5.82 Å². The largest absolute Gasteiger partial charge is 0.464 e. The lowest BCUT2D eigenvalue weighted by atomic mass is 9.93. The van der Waals surface area contributed by atoms with Gasteiger partial charge in [0, 0.05) is 17.5 Å². The van der Waals surface area contributed by atoms with Gasteiger partial charge in [-0.2, -0.15) is 0 Å². The van der Waals surface area contributed by atoms with E-state index in [1.807, 2.05) is 24.4 Å². The topological polar surface area (TPSA) is 86.2 Å². The van der Waals surface area contributed by atoms with E-state index in [1.54, 1.807) is 6.20 Å². The number of carbonyl (C=O) groups excluding carboxylic acids is 1. The third kappa shape index (κ3) is 3.73. The van der Waals surface area contributed by atoms with Crippen molar-refractivity contribution in [3.63, 3.8) is 0 Å². The standard InChI is InChI=1S/C20H20N4O3/c1-26-20(25)17-9-21-10-19(23-17)24-18-12-27-11-14(18)8-13-6-7-22-16-5-3-2-4-15(13)16/h2-7,9-10,14,18H,8,11-12H2,1H3,(H,23,24)/t14-,18-/m1/s1. The number of para-hydroxylation sites is 1. The molecule has 4 rings (SSSR count). The summed E-state index contributed by atoms with van der Waals surface area (Å²) in [5.74, 6) is 0.311. The van der Waals surface area contributed by atoms with Gasteiger partial charge >= 0.3 is 5.97 Å². The number of hydrogen-bond donors (Lipinski definition) is 1. The molecule has 138 valence electrons. The Balaban J connectivity index is 1.52. The summed E-state index contributed by atoms with van der Waals surface area (Å²) >= 11 is 0. The van der Waals surface area contributed by atoms with E-state index in [-0.39, 0.29) is 17.7 Å². The monoisotopic (exact) mass is 364 g/mol. The molecule has 1 fully saturated rings. The van der Waals surface area contributed by atoms with Crippen LogP contribution < -0.4 is 5.32 Å². The Morgan fingerprint density at radius 1 is 1.26 bits per heavy atom. The molecule has 2 aromatic heterocycles. The molecule has 3 aromatic rings. The number of fused-ring (bicyclic) bond motifs is 1. The minimum absolute atomic E-state index is 0.0825. The van der Waals surface area contributed by atoms with Crippen LogP contribution in [0.4, 0.5) is 5.82 Å². The number of methoxy groups -OCH3 is 1. The van der Waals surface area contributed by atoms with E-state index < -0.39 is 5.97 Å². The molecular formula is C20H20N4O3. The molecule has 7 heteroatoms. The number of carbonyl (C=O) groups is 1. The maximum atomic E-state index is 11.6. The highest BCUT2D eigenvalue weighted by molar-refractivity contribution is 5.87. The molecule has 0 spiro atoms. The van der Waals surface area contributed by atoms with Gasteiger partial charge in [0.2, 0.25) is 0 Å². The molecule has 1 aromatic carbocycles. The van der Waals surface area contributed by atoms with Crippen molar-refractivity contribution in [1.82, 2.24) is 15.0 Å².